The Morgan fingerprint density at radius 2 is 1.50 bits per heavy atom. The van der Waals surface area contributed by atoms with E-state index in [1.165, 1.54) is 47.9 Å². The van der Waals surface area contributed by atoms with Crippen LogP contribution in [-0.4, -0.2) is 177 Å². The second-order valence-electron chi connectivity index (χ2n) is 21.5. The van der Waals surface area contributed by atoms with Crippen molar-refractivity contribution in [2.75, 3.05) is 27.2 Å². The molecule has 0 aliphatic carbocycles. The van der Waals surface area contributed by atoms with Crippen LogP contribution in [0.2, 0.25) is 0 Å². The lowest BCUT2D eigenvalue weighted by Crippen LogP contribution is -2.62. The molecule has 21 nitrogen and oxygen atoms in total. The third kappa shape index (κ3) is 15.5. The molecule has 1 aromatic rings. The van der Waals surface area contributed by atoms with Crippen LogP contribution in [0.5, 0.6) is 5.75 Å². The number of likely N-dealkylation sites (N-methyl/N-ethyl adjacent to an activating group) is 2. The standard InChI is InChI=1S/C53H81N7O14/c1-13-31(8)43-41(63)27-42(64)74-45(30(6)7)48(67)54-36(24-28(2)3)50(69)60-23-15-17-38(60)52(71)58(12)40(26-34-18-20-35(62)21-19-34)53(72)73-33(10)44(47(66)55-43)56-46(65)39(25-29(4)5)57(11)51(70)37-16-14-22-59(37)49(68)32(9)61/h18-21,28-31,33,36-41,43-45,62-63H,13-17,22-27H2,1-12H3,(H,54,67)(H,55,66)(H,56,65)/t31-,33-,36+,37?,38+,39-,40+,41+,43?,44+,45+/m0/s1. The maximum atomic E-state index is 14.9. The monoisotopic (exact) mass is 1040 g/mol. The van der Waals surface area contributed by atoms with Crippen molar-refractivity contribution in [1.82, 2.24) is 35.6 Å². The average molecular weight is 1040 g/mol. The van der Waals surface area contributed by atoms with Crippen LogP contribution in [0, 0.1) is 23.7 Å². The van der Waals surface area contributed by atoms with E-state index in [-0.39, 0.29) is 62.8 Å². The molecule has 7 amide bonds. The molecule has 3 saturated heterocycles. The molecular weight excluding hydrogens is 959 g/mol. The number of hydrogen-bond acceptors (Lipinski definition) is 14. The molecule has 2 unspecified atom stereocenters. The van der Waals surface area contributed by atoms with Gasteiger partial charge in [-0.3, -0.25) is 43.2 Å². The number of ether oxygens (including phenoxy) is 2. The van der Waals surface area contributed by atoms with Gasteiger partial charge in [-0.1, -0.05) is 73.9 Å². The maximum Gasteiger partial charge on any atom is 0.329 e. The van der Waals surface area contributed by atoms with Crippen molar-refractivity contribution in [3.63, 3.8) is 0 Å². The Kier molecular flexibility index (Phi) is 22.0. The Labute approximate surface area is 435 Å². The highest BCUT2D eigenvalue weighted by Crippen LogP contribution is 2.27. The fourth-order valence-electron chi connectivity index (χ4n) is 9.88. The molecule has 5 N–H and O–H groups in total. The molecule has 3 aliphatic heterocycles. The average Bonchev–Trinajstić information content (AvgIpc) is 4.04. The van der Waals surface area contributed by atoms with E-state index in [4.69, 9.17) is 9.47 Å². The molecule has 0 bridgehead atoms. The number of hydrogen-bond donors (Lipinski definition) is 5. The molecule has 3 heterocycles. The molecule has 4 rings (SSSR count). The van der Waals surface area contributed by atoms with Gasteiger partial charge in [0.15, 0.2) is 6.10 Å². The molecule has 0 radical (unpaired) electrons. The number of nitrogens with one attached hydrogen (secondary N) is 3. The third-order valence-corrected chi connectivity index (χ3v) is 14.3. The lowest BCUT2D eigenvalue weighted by atomic mass is 9.92. The minimum absolute atomic E-state index is 0.0567. The number of amides is 7. The first kappa shape index (κ1) is 60.4. The number of rotatable bonds is 14. The minimum atomic E-state index is -1.75. The number of phenolic OH excluding ortho intramolecular Hbond substituents is 1. The summed E-state index contributed by atoms with van der Waals surface area (Å²) in [7, 11) is 2.77. The smallest absolute Gasteiger partial charge is 0.329 e. The van der Waals surface area contributed by atoms with Gasteiger partial charge in [0.05, 0.1) is 18.6 Å². The normalized spacial score (nSPS) is 26.9. The number of cyclic esters (lactones) is 2. The summed E-state index contributed by atoms with van der Waals surface area (Å²) in [5.74, 6) is -9.44. The molecule has 74 heavy (non-hydrogen) atoms. The van der Waals surface area contributed by atoms with Crippen LogP contribution in [0.1, 0.15) is 126 Å². The minimum Gasteiger partial charge on any atom is -0.508 e. The number of aliphatic hydroxyl groups is 1. The number of fused-ring (bicyclic) bond motifs is 1. The fourth-order valence-corrected chi connectivity index (χ4v) is 9.88. The second-order valence-corrected chi connectivity index (χ2v) is 21.5. The molecule has 412 valence electrons. The van der Waals surface area contributed by atoms with E-state index < -0.39 is 138 Å². The number of carbonyl (C=O) groups excluding carboxylic acids is 10. The lowest BCUT2D eigenvalue weighted by Gasteiger charge is -2.36. The van der Waals surface area contributed by atoms with Crippen molar-refractivity contribution < 1.29 is 67.6 Å². The summed E-state index contributed by atoms with van der Waals surface area (Å²) >= 11 is 0. The number of Topliss-reactive ketones (excluding diaryl/α,β-unsaturated/α-hetero) is 1. The summed E-state index contributed by atoms with van der Waals surface area (Å²) in [5, 5.41) is 30.1. The summed E-state index contributed by atoms with van der Waals surface area (Å²) in [4.78, 5) is 145. The van der Waals surface area contributed by atoms with E-state index >= 15 is 0 Å². The molecule has 21 heteroatoms. The van der Waals surface area contributed by atoms with E-state index in [9.17, 15) is 58.2 Å². The highest BCUT2D eigenvalue weighted by Gasteiger charge is 2.45. The van der Waals surface area contributed by atoms with Crippen molar-refractivity contribution in [3.8, 4) is 5.75 Å². The number of ketones is 1. The molecule has 11 atom stereocenters. The summed E-state index contributed by atoms with van der Waals surface area (Å²) in [6.07, 6.45) is -3.51. The Morgan fingerprint density at radius 1 is 0.865 bits per heavy atom. The zero-order chi connectivity index (χ0) is 55.5. The molecule has 0 spiro atoms. The molecule has 0 saturated carbocycles. The quantitative estimate of drug-likeness (QED) is 0.132. The largest absolute Gasteiger partial charge is 0.508 e. The Hall–Kier alpha value is -6.12. The number of benzene rings is 1. The van der Waals surface area contributed by atoms with Crippen molar-refractivity contribution in [2.24, 2.45) is 23.7 Å². The maximum absolute atomic E-state index is 14.9. The molecule has 0 aromatic heterocycles. The lowest BCUT2D eigenvalue weighted by molar-refractivity contribution is -0.162. The number of likely N-dealkylation sites (tertiary alicyclic amines) is 1. The second kappa shape index (κ2) is 26.9. The topological polar surface area (TPSA) is 279 Å². The van der Waals surface area contributed by atoms with Gasteiger partial charge in [-0.2, -0.15) is 0 Å². The van der Waals surface area contributed by atoms with Gasteiger partial charge in [0, 0.05) is 40.5 Å². The highest BCUT2D eigenvalue weighted by molar-refractivity contribution is 6.35. The van der Waals surface area contributed by atoms with E-state index in [0.717, 1.165) is 11.8 Å². The number of carbonyl (C=O) groups is 10. The van der Waals surface area contributed by atoms with Crippen LogP contribution in [0.15, 0.2) is 24.3 Å². The number of esters is 2. The van der Waals surface area contributed by atoms with Crippen LogP contribution in [-0.2, 0) is 63.8 Å². The number of phenols is 1. The SMILES string of the molecule is CC[C@H](C)C1NC(=O)[C@H](NC(=O)[C@H](CC(C)C)N(C)C(=O)C2CCCN2C(=O)C(C)=O)[C@H](C)OC(=O)[C@@H](Cc2ccc(O)cc2)N(C)C(=O)[C@H]2CCCN2C(=O)[C@@H](CC(C)C)NC(=O)[C@@H](C(C)C)OC(=O)C[C@H]1O. The number of nitrogens with zero attached hydrogens (tertiary/aromatic N) is 4. The van der Waals surface area contributed by atoms with Crippen LogP contribution in [0.3, 0.4) is 0 Å². The Bertz CT molecular complexity index is 2200. The van der Waals surface area contributed by atoms with Gasteiger partial charge in [0.1, 0.15) is 48.1 Å². The van der Waals surface area contributed by atoms with Gasteiger partial charge in [-0.15, -0.1) is 0 Å². The van der Waals surface area contributed by atoms with Gasteiger partial charge in [0.2, 0.25) is 35.3 Å². The van der Waals surface area contributed by atoms with Crippen molar-refractivity contribution in [3.05, 3.63) is 29.8 Å². The summed E-state index contributed by atoms with van der Waals surface area (Å²) in [6, 6.07) is -2.97. The van der Waals surface area contributed by atoms with E-state index in [1.807, 2.05) is 27.7 Å². The zero-order valence-electron chi connectivity index (χ0n) is 45.3. The predicted octanol–water partition coefficient (Wildman–Crippen LogP) is 2.02. The van der Waals surface area contributed by atoms with Crippen molar-refractivity contribution in [2.45, 2.75) is 188 Å². The first-order valence-corrected chi connectivity index (χ1v) is 26.1. The summed E-state index contributed by atoms with van der Waals surface area (Å²) in [5.41, 5.74) is 0.501. The molecule has 3 fully saturated rings. The highest BCUT2D eigenvalue weighted by atomic mass is 16.6. The van der Waals surface area contributed by atoms with E-state index in [2.05, 4.69) is 16.0 Å². The third-order valence-electron chi connectivity index (χ3n) is 14.3. The van der Waals surface area contributed by atoms with Crippen molar-refractivity contribution >= 4 is 59.1 Å². The van der Waals surface area contributed by atoms with E-state index in [0.29, 0.717) is 24.8 Å². The Morgan fingerprint density at radius 3 is 2.08 bits per heavy atom. The summed E-state index contributed by atoms with van der Waals surface area (Å²) < 4.78 is 11.8. The summed E-state index contributed by atoms with van der Waals surface area (Å²) in [6.45, 7) is 16.9. The van der Waals surface area contributed by atoms with Gasteiger partial charge < -0.3 is 55.2 Å². The molecule has 3 aliphatic rings. The molecule has 1 aromatic carbocycles. The predicted molar refractivity (Wildman–Crippen MR) is 270 cm³/mol. The number of aromatic hydroxyl groups is 1. The van der Waals surface area contributed by atoms with E-state index in [1.54, 1.807) is 39.8 Å². The van der Waals surface area contributed by atoms with Crippen LogP contribution in [0.4, 0.5) is 0 Å². The van der Waals surface area contributed by atoms with Gasteiger partial charge in [-0.25, -0.2) is 4.79 Å². The van der Waals surface area contributed by atoms with Crippen LogP contribution in [0.25, 0.3) is 0 Å². The number of aliphatic hydroxyl groups excluding tert-OH is 1. The molecular formula is C53H81N7O14. The zero-order valence-corrected chi connectivity index (χ0v) is 45.3. The Balaban J connectivity index is 1.86. The van der Waals surface area contributed by atoms with Gasteiger partial charge in [-0.05, 0) is 86.8 Å². The van der Waals surface area contributed by atoms with Gasteiger partial charge in [0.25, 0.3) is 11.8 Å². The first-order chi connectivity index (χ1) is 34.7. The fraction of sp³-hybridized carbons (Fsp3) is 0.698. The van der Waals surface area contributed by atoms with Crippen LogP contribution >= 0.6 is 0 Å². The van der Waals surface area contributed by atoms with Gasteiger partial charge >= 0.3 is 11.9 Å². The first-order valence-electron chi connectivity index (χ1n) is 26.1. The van der Waals surface area contributed by atoms with Crippen molar-refractivity contribution in [1.29, 1.82) is 0 Å². The van der Waals surface area contributed by atoms with Crippen LogP contribution < -0.4 is 16.0 Å².